The second kappa shape index (κ2) is 6.79. The molecule has 0 bridgehead atoms. The van der Waals surface area contributed by atoms with Gasteiger partial charge in [0.1, 0.15) is 5.75 Å². The van der Waals surface area contributed by atoms with Crippen LogP contribution in [0.25, 0.3) is 0 Å². The Morgan fingerprint density at radius 2 is 2.00 bits per heavy atom. The van der Waals surface area contributed by atoms with Gasteiger partial charge in [0, 0.05) is 0 Å². The number of benzene rings is 1. The molecule has 0 saturated heterocycles. The molecule has 1 aromatic rings. The van der Waals surface area contributed by atoms with E-state index < -0.39 is 0 Å². The Bertz CT molecular complexity index is 352. The molecule has 1 N–H and O–H groups in total. The van der Waals surface area contributed by atoms with Crippen molar-refractivity contribution in [3.05, 3.63) is 29.8 Å². The van der Waals surface area contributed by atoms with Crippen LogP contribution in [0.3, 0.4) is 0 Å². The van der Waals surface area contributed by atoms with Crippen LogP contribution in [-0.4, -0.2) is 17.8 Å². The highest BCUT2D eigenvalue weighted by Gasteiger charge is 2.13. The molecule has 0 spiro atoms. The van der Waals surface area contributed by atoms with E-state index in [9.17, 15) is 5.11 Å². The Morgan fingerprint density at radius 1 is 1.28 bits per heavy atom. The number of hydrogen-bond donors (Lipinski definition) is 1. The normalized spacial score (nSPS) is 13.4. The summed E-state index contributed by atoms with van der Waals surface area (Å²) in [5.41, 5.74) is 1.44. The lowest BCUT2D eigenvalue weighted by Gasteiger charge is -2.19. The second-order valence-electron chi connectivity index (χ2n) is 5.83. The molecule has 0 fully saturated rings. The molecule has 2 nitrogen and oxygen atoms in total. The number of aliphatic hydroxyl groups is 1. The van der Waals surface area contributed by atoms with Crippen LogP contribution in [0.5, 0.6) is 5.75 Å². The molecule has 0 radical (unpaired) electrons. The number of ether oxygens (including phenoxy) is 1. The topological polar surface area (TPSA) is 29.5 Å². The van der Waals surface area contributed by atoms with E-state index in [-0.39, 0.29) is 11.5 Å². The van der Waals surface area contributed by atoms with Crippen LogP contribution >= 0.6 is 0 Å². The molecule has 18 heavy (non-hydrogen) atoms. The molecular weight excluding hydrogens is 224 g/mol. The van der Waals surface area contributed by atoms with E-state index in [0.717, 1.165) is 25.0 Å². The average molecular weight is 250 g/mol. The maximum absolute atomic E-state index is 9.45. The van der Waals surface area contributed by atoms with Gasteiger partial charge in [-0.2, -0.15) is 0 Å². The standard InChI is InChI=1S/C16H26O2/c1-5-14(17)9-7-11-18-15-10-6-8-13(12-15)16(2,3)4/h6,8,10,12,14,17H,5,7,9,11H2,1-4H3. The van der Waals surface area contributed by atoms with E-state index >= 15 is 0 Å². The first-order valence-electron chi connectivity index (χ1n) is 6.85. The van der Waals surface area contributed by atoms with Crippen molar-refractivity contribution >= 4 is 0 Å². The summed E-state index contributed by atoms with van der Waals surface area (Å²) < 4.78 is 5.73. The molecule has 1 rings (SSSR count). The summed E-state index contributed by atoms with van der Waals surface area (Å²) in [6.45, 7) is 9.26. The Balaban J connectivity index is 2.43. The summed E-state index contributed by atoms with van der Waals surface area (Å²) in [4.78, 5) is 0. The lowest BCUT2D eigenvalue weighted by atomic mass is 9.87. The zero-order chi connectivity index (χ0) is 13.6. The molecule has 2 heteroatoms. The first kappa shape index (κ1) is 15.0. The molecule has 102 valence electrons. The van der Waals surface area contributed by atoms with E-state index in [1.54, 1.807) is 0 Å². The molecular formula is C16H26O2. The summed E-state index contributed by atoms with van der Waals surface area (Å²) in [7, 11) is 0. The predicted molar refractivity (Wildman–Crippen MR) is 76.2 cm³/mol. The van der Waals surface area contributed by atoms with Gasteiger partial charge >= 0.3 is 0 Å². The maximum atomic E-state index is 9.45. The van der Waals surface area contributed by atoms with Crippen molar-refractivity contribution in [3.8, 4) is 5.75 Å². The Hall–Kier alpha value is -1.02. The minimum absolute atomic E-state index is 0.151. The quantitative estimate of drug-likeness (QED) is 0.776. The van der Waals surface area contributed by atoms with Crippen LogP contribution in [0.2, 0.25) is 0 Å². The fraction of sp³-hybridized carbons (Fsp3) is 0.625. The summed E-state index contributed by atoms with van der Waals surface area (Å²) in [5.74, 6) is 0.924. The van der Waals surface area contributed by atoms with Crippen LogP contribution in [-0.2, 0) is 5.41 Å². The molecule has 0 saturated carbocycles. The van der Waals surface area contributed by atoms with Crippen LogP contribution in [0.1, 0.15) is 52.5 Å². The highest BCUT2D eigenvalue weighted by molar-refractivity contribution is 5.32. The molecule has 0 aliphatic rings. The fourth-order valence-electron chi connectivity index (χ4n) is 1.77. The first-order valence-corrected chi connectivity index (χ1v) is 6.85. The molecule has 0 aliphatic carbocycles. The summed E-state index contributed by atoms with van der Waals surface area (Å²) in [6, 6.07) is 8.27. The monoisotopic (exact) mass is 250 g/mol. The van der Waals surface area contributed by atoms with Gasteiger partial charge < -0.3 is 9.84 Å². The summed E-state index contributed by atoms with van der Waals surface area (Å²) >= 11 is 0. The van der Waals surface area contributed by atoms with Gasteiger partial charge in [-0.3, -0.25) is 0 Å². The molecule has 1 atom stereocenters. The number of aliphatic hydroxyl groups excluding tert-OH is 1. The van der Waals surface area contributed by atoms with E-state index in [2.05, 4.69) is 32.9 Å². The van der Waals surface area contributed by atoms with Crippen molar-refractivity contribution in [2.75, 3.05) is 6.61 Å². The average Bonchev–Trinajstić information content (AvgIpc) is 2.33. The van der Waals surface area contributed by atoms with Crippen LogP contribution in [0.15, 0.2) is 24.3 Å². The highest BCUT2D eigenvalue weighted by Crippen LogP contribution is 2.25. The number of rotatable bonds is 6. The van der Waals surface area contributed by atoms with Crippen LogP contribution in [0, 0.1) is 0 Å². The van der Waals surface area contributed by atoms with Crippen LogP contribution < -0.4 is 4.74 Å². The van der Waals surface area contributed by atoms with Gasteiger partial charge in [-0.15, -0.1) is 0 Å². The van der Waals surface area contributed by atoms with Gasteiger partial charge in [0.2, 0.25) is 0 Å². The molecule has 1 aromatic carbocycles. The van der Waals surface area contributed by atoms with Gasteiger partial charge in [-0.25, -0.2) is 0 Å². The lowest BCUT2D eigenvalue weighted by molar-refractivity contribution is 0.148. The molecule has 0 amide bonds. The molecule has 1 unspecified atom stereocenters. The second-order valence-corrected chi connectivity index (χ2v) is 5.83. The summed E-state index contributed by atoms with van der Waals surface area (Å²) in [6.07, 6.45) is 2.35. The zero-order valence-electron chi connectivity index (χ0n) is 12.1. The Labute approximate surface area is 111 Å². The minimum Gasteiger partial charge on any atom is -0.494 e. The summed E-state index contributed by atoms with van der Waals surface area (Å²) in [5, 5.41) is 9.45. The maximum Gasteiger partial charge on any atom is 0.119 e. The van der Waals surface area contributed by atoms with Gasteiger partial charge in [-0.1, -0.05) is 39.8 Å². The Kier molecular flexibility index (Phi) is 5.67. The predicted octanol–water partition coefficient (Wildman–Crippen LogP) is 3.91. The molecule has 0 aromatic heterocycles. The SMILES string of the molecule is CCC(O)CCCOc1cccc(C(C)(C)C)c1. The van der Waals surface area contributed by atoms with Gasteiger partial charge in [0.15, 0.2) is 0 Å². The molecule has 0 heterocycles. The van der Waals surface area contributed by atoms with Gasteiger partial charge in [-0.05, 0) is 42.4 Å². The van der Waals surface area contributed by atoms with Crippen molar-refractivity contribution < 1.29 is 9.84 Å². The van der Waals surface area contributed by atoms with Crippen molar-refractivity contribution in [2.24, 2.45) is 0 Å². The van der Waals surface area contributed by atoms with Gasteiger partial charge in [0.25, 0.3) is 0 Å². The van der Waals surface area contributed by atoms with E-state index in [1.165, 1.54) is 5.56 Å². The smallest absolute Gasteiger partial charge is 0.119 e. The molecule has 0 aliphatic heterocycles. The third-order valence-corrected chi connectivity index (χ3v) is 3.12. The fourth-order valence-corrected chi connectivity index (χ4v) is 1.77. The van der Waals surface area contributed by atoms with Crippen molar-refractivity contribution in [1.82, 2.24) is 0 Å². The lowest BCUT2D eigenvalue weighted by Crippen LogP contribution is -2.11. The minimum atomic E-state index is -0.186. The van der Waals surface area contributed by atoms with Crippen LogP contribution in [0.4, 0.5) is 0 Å². The third kappa shape index (κ3) is 5.09. The largest absolute Gasteiger partial charge is 0.494 e. The first-order chi connectivity index (χ1) is 8.43. The zero-order valence-corrected chi connectivity index (χ0v) is 12.1. The Morgan fingerprint density at radius 3 is 2.61 bits per heavy atom. The highest BCUT2D eigenvalue weighted by atomic mass is 16.5. The van der Waals surface area contributed by atoms with Crippen molar-refractivity contribution in [2.45, 2.75) is 58.5 Å². The van der Waals surface area contributed by atoms with E-state index in [0.29, 0.717) is 6.61 Å². The van der Waals surface area contributed by atoms with E-state index in [1.807, 2.05) is 19.1 Å². The van der Waals surface area contributed by atoms with Crippen molar-refractivity contribution in [3.63, 3.8) is 0 Å². The number of hydrogen-bond acceptors (Lipinski definition) is 2. The third-order valence-electron chi connectivity index (χ3n) is 3.12. The van der Waals surface area contributed by atoms with E-state index in [4.69, 9.17) is 4.74 Å². The van der Waals surface area contributed by atoms with Gasteiger partial charge in [0.05, 0.1) is 12.7 Å². The van der Waals surface area contributed by atoms with Crippen molar-refractivity contribution in [1.29, 1.82) is 0 Å².